The Labute approximate surface area is 156 Å². The standard InChI is InChI=1S/C20H21FN2O4/c1-12-7-16(18(27-2)10-22-12)19(24)23-6-5-14(11-23)8-13-3-4-17(21)15(9-13)20(25)26/h3-4,7,9-10,14H,5-6,8,11H2,1-2H3,(H,25,26). The monoisotopic (exact) mass is 372 g/mol. The van der Waals surface area contributed by atoms with Crippen LogP contribution in [0.2, 0.25) is 0 Å². The van der Waals surface area contributed by atoms with Gasteiger partial charge in [0.15, 0.2) is 0 Å². The number of aromatic carboxylic acids is 1. The van der Waals surface area contributed by atoms with Crippen LogP contribution in [0.4, 0.5) is 4.39 Å². The molecule has 2 heterocycles. The average molecular weight is 372 g/mol. The van der Waals surface area contributed by atoms with Crippen LogP contribution in [0.5, 0.6) is 5.75 Å². The molecule has 1 unspecified atom stereocenters. The van der Waals surface area contributed by atoms with Gasteiger partial charge in [0.05, 0.1) is 24.4 Å². The van der Waals surface area contributed by atoms with Crippen molar-refractivity contribution in [1.29, 1.82) is 0 Å². The van der Waals surface area contributed by atoms with Crippen molar-refractivity contribution in [3.05, 3.63) is 58.7 Å². The average Bonchev–Trinajstić information content (AvgIpc) is 3.11. The summed E-state index contributed by atoms with van der Waals surface area (Å²) >= 11 is 0. The molecule has 0 spiro atoms. The van der Waals surface area contributed by atoms with Crippen molar-refractivity contribution in [1.82, 2.24) is 9.88 Å². The third-order valence-electron chi connectivity index (χ3n) is 4.81. The highest BCUT2D eigenvalue weighted by atomic mass is 19.1. The number of ether oxygens (including phenoxy) is 1. The van der Waals surface area contributed by atoms with Gasteiger partial charge >= 0.3 is 5.97 Å². The minimum atomic E-state index is -1.28. The Morgan fingerprint density at radius 3 is 2.81 bits per heavy atom. The fourth-order valence-electron chi connectivity index (χ4n) is 3.43. The Bertz CT molecular complexity index is 884. The molecule has 6 nitrogen and oxygen atoms in total. The zero-order valence-corrected chi connectivity index (χ0v) is 15.2. The second-order valence-electron chi connectivity index (χ2n) is 6.76. The van der Waals surface area contributed by atoms with Gasteiger partial charge in [-0.1, -0.05) is 6.07 Å². The van der Waals surface area contributed by atoms with Gasteiger partial charge < -0.3 is 14.7 Å². The van der Waals surface area contributed by atoms with Crippen LogP contribution >= 0.6 is 0 Å². The van der Waals surface area contributed by atoms with E-state index in [1.165, 1.54) is 19.2 Å². The second-order valence-corrected chi connectivity index (χ2v) is 6.76. The Hall–Kier alpha value is -2.96. The maximum atomic E-state index is 13.5. The first-order valence-corrected chi connectivity index (χ1v) is 8.70. The van der Waals surface area contributed by atoms with Gasteiger partial charge in [-0.2, -0.15) is 0 Å². The van der Waals surface area contributed by atoms with E-state index < -0.39 is 11.8 Å². The lowest BCUT2D eigenvalue weighted by Crippen LogP contribution is -2.29. The lowest BCUT2D eigenvalue weighted by molar-refractivity contribution is 0.0691. The summed E-state index contributed by atoms with van der Waals surface area (Å²) in [7, 11) is 1.50. The van der Waals surface area contributed by atoms with Gasteiger partial charge in [0.25, 0.3) is 5.91 Å². The van der Waals surface area contributed by atoms with Crippen LogP contribution in [-0.4, -0.2) is 47.1 Å². The zero-order chi connectivity index (χ0) is 19.6. The molecule has 0 saturated carbocycles. The molecule has 1 amide bonds. The highest BCUT2D eigenvalue weighted by Gasteiger charge is 2.29. The summed E-state index contributed by atoms with van der Waals surface area (Å²) < 4.78 is 18.8. The number of hydrogen-bond acceptors (Lipinski definition) is 4. The normalized spacial score (nSPS) is 16.4. The lowest BCUT2D eigenvalue weighted by atomic mass is 9.97. The van der Waals surface area contributed by atoms with Crippen molar-refractivity contribution in [3.63, 3.8) is 0 Å². The summed E-state index contributed by atoms with van der Waals surface area (Å²) in [6.07, 6.45) is 2.94. The maximum Gasteiger partial charge on any atom is 0.338 e. The number of rotatable bonds is 5. The number of nitrogens with zero attached hydrogens (tertiary/aromatic N) is 2. The summed E-state index contributed by atoms with van der Waals surface area (Å²) in [4.78, 5) is 29.9. The van der Waals surface area contributed by atoms with Crippen LogP contribution in [-0.2, 0) is 6.42 Å². The van der Waals surface area contributed by atoms with E-state index in [2.05, 4.69) is 4.98 Å². The molecular formula is C20H21FN2O4. The fourth-order valence-corrected chi connectivity index (χ4v) is 3.43. The van der Waals surface area contributed by atoms with Crippen molar-refractivity contribution < 1.29 is 23.8 Å². The number of hydrogen-bond donors (Lipinski definition) is 1. The van der Waals surface area contributed by atoms with E-state index in [0.717, 1.165) is 17.7 Å². The number of halogens is 1. The molecule has 1 aliphatic rings. The molecule has 0 aliphatic carbocycles. The van der Waals surface area contributed by atoms with E-state index in [1.807, 2.05) is 6.92 Å². The number of carboxylic acids is 1. The number of aromatic nitrogens is 1. The van der Waals surface area contributed by atoms with Crippen molar-refractivity contribution in [2.45, 2.75) is 19.8 Å². The molecule has 1 aromatic heterocycles. The minimum Gasteiger partial charge on any atom is -0.494 e. The molecule has 2 aromatic rings. The van der Waals surface area contributed by atoms with Crippen molar-refractivity contribution >= 4 is 11.9 Å². The summed E-state index contributed by atoms with van der Waals surface area (Å²) in [6, 6.07) is 5.87. The number of carbonyl (C=O) groups is 2. The summed E-state index contributed by atoms with van der Waals surface area (Å²) in [5.41, 5.74) is 1.66. The van der Waals surface area contributed by atoms with Crippen molar-refractivity contribution in [2.75, 3.05) is 20.2 Å². The van der Waals surface area contributed by atoms with Crippen LogP contribution in [0.1, 0.15) is 38.4 Å². The molecule has 3 rings (SSSR count). The zero-order valence-electron chi connectivity index (χ0n) is 15.2. The number of aryl methyl sites for hydroxylation is 1. The first-order chi connectivity index (χ1) is 12.9. The van der Waals surface area contributed by atoms with Crippen LogP contribution in [0, 0.1) is 18.7 Å². The van der Waals surface area contributed by atoms with E-state index in [9.17, 15) is 14.0 Å². The number of pyridine rings is 1. The molecule has 1 fully saturated rings. The van der Waals surface area contributed by atoms with Gasteiger partial charge in [0.2, 0.25) is 0 Å². The Balaban J connectivity index is 1.70. The predicted molar refractivity (Wildman–Crippen MR) is 96.6 cm³/mol. The summed E-state index contributed by atoms with van der Waals surface area (Å²) in [5.74, 6) is -1.49. The number of benzene rings is 1. The van der Waals surface area contributed by atoms with Crippen LogP contribution in [0.3, 0.4) is 0 Å². The molecule has 1 saturated heterocycles. The van der Waals surface area contributed by atoms with E-state index in [0.29, 0.717) is 30.8 Å². The Morgan fingerprint density at radius 1 is 1.33 bits per heavy atom. The van der Waals surface area contributed by atoms with Crippen LogP contribution in [0.25, 0.3) is 0 Å². The Kier molecular flexibility index (Phi) is 5.39. The number of amides is 1. The van der Waals surface area contributed by atoms with Crippen molar-refractivity contribution in [2.24, 2.45) is 5.92 Å². The second kappa shape index (κ2) is 7.73. The Morgan fingerprint density at radius 2 is 2.11 bits per heavy atom. The molecule has 0 bridgehead atoms. The number of carboxylic acid groups (broad SMARTS) is 1. The van der Waals surface area contributed by atoms with Gasteiger partial charge in [0, 0.05) is 18.8 Å². The highest BCUT2D eigenvalue weighted by Crippen LogP contribution is 2.26. The minimum absolute atomic E-state index is 0.106. The van der Waals surface area contributed by atoms with Crippen LogP contribution in [0.15, 0.2) is 30.5 Å². The molecule has 1 aliphatic heterocycles. The van der Waals surface area contributed by atoms with Gasteiger partial charge in [-0.25, -0.2) is 9.18 Å². The van der Waals surface area contributed by atoms with Crippen LogP contribution < -0.4 is 4.74 Å². The quantitative estimate of drug-likeness (QED) is 0.873. The smallest absolute Gasteiger partial charge is 0.338 e. The maximum absolute atomic E-state index is 13.5. The van der Waals surface area contributed by atoms with E-state index >= 15 is 0 Å². The summed E-state index contributed by atoms with van der Waals surface area (Å²) in [6.45, 7) is 2.99. The van der Waals surface area contributed by atoms with Gasteiger partial charge in [-0.15, -0.1) is 0 Å². The third kappa shape index (κ3) is 4.07. The predicted octanol–water partition coefficient (Wildman–Crippen LogP) is 2.94. The SMILES string of the molecule is COc1cnc(C)cc1C(=O)N1CCC(Cc2ccc(F)c(C(=O)O)c2)C1. The van der Waals surface area contributed by atoms with Gasteiger partial charge in [0.1, 0.15) is 11.6 Å². The highest BCUT2D eigenvalue weighted by molar-refractivity contribution is 5.97. The van der Waals surface area contributed by atoms with E-state index in [4.69, 9.17) is 9.84 Å². The van der Waals surface area contributed by atoms with Gasteiger partial charge in [-0.05, 0) is 49.4 Å². The molecule has 1 atom stereocenters. The topological polar surface area (TPSA) is 79.7 Å². The first-order valence-electron chi connectivity index (χ1n) is 8.70. The van der Waals surface area contributed by atoms with E-state index in [1.54, 1.807) is 23.2 Å². The molecule has 27 heavy (non-hydrogen) atoms. The first kappa shape index (κ1) is 18.8. The number of methoxy groups -OCH3 is 1. The fraction of sp³-hybridized carbons (Fsp3) is 0.350. The summed E-state index contributed by atoms with van der Waals surface area (Å²) in [5, 5.41) is 9.05. The number of carbonyl (C=O) groups excluding carboxylic acids is 1. The third-order valence-corrected chi connectivity index (χ3v) is 4.81. The molecular weight excluding hydrogens is 351 g/mol. The molecule has 1 aromatic carbocycles. The molecule has 0 radical (unpaired) electrons. The van der Waals surface area contributed by atoms with Gasteiger partial charge in [-0.3, -0.25) is 9.78 Å². The molecule has 7 heteroatoms. The number of likely N-dealkylation sites (tertiary alicyclic amines) is 1. The van der Waals surface area contributed by atoms with E-state index in [-0.39, 0.29) is 17.4 Å². The molecule has 1 N–H and O–H groups in total. The van der Waals surface area contributed by atoms with Crippen molar-refractivity contribution in [3.8, 4) is 5.75 Å². The molecule has 142 valence electrons. The largest absolute Gasteiger partial charge is 0.494 e. The lowest BCUT2D eigenvalue weighted by Gasteiger charge is -2.18.